The SMILES string of the molecule is O=C(Nc1n[nH]c2c1CNC2)c1cc(F)c(Cl)cc1Cl. The van der Waals surface area contributed by atoms with Crippen LogP contribution >= 0.6 is 23.2 Å². The molecule has 3 N–H and O–H groups in total. The van der Waals surface area contributed by atoms with E-state index in [2.05, 4.69) is 20.8 Å². The summed E-state index contributed by atoms with van der Waals surface area (Å²) in [5, 5.41) is 12.5. The second-order valence-corrected chi connectivity index (χ2v) is 5.15. The maximum atomic E-state index is 13.4. The van der Waals surface area contributed by atoms with Crippen LogP contribution < -0.4 is 10.6 Å². The number of carbonyl (C=O) groups excluding carboxylic acids is 1. The topological polar surface area (TPSA) is 69.8 Å². The molecule has 1 aromatic carbocycles. The van der Waals surface area contributed by atoms with Crippen LogP contribution in [0.5, 0.6) is 0 Å². The summed E-state index contributed by atoms with van der Waals surface area (Å²) in [6, 6.07) is 2.20. The van der Waals surface area contributed by atoms with Crippen molar-refractivity contribution in [2.45, 2.75) is 13.1 Å². The van der Waals surface area contributed by atoms with E-state index in [1.165, 1.54) is 6.07 Å². The summed E-state index contributed by atoms with van der Waals surface area (Å²) in [5.74, 6) is -0.816. The lowest BCUT2D eigenvalue weighted by Gasteiger charge is -2.06. The molecule has 0 spiro atoms. The molecular weight excluding hydrogens is 306 g/mol. The van der Waals surface area contributed by atoms with Crippen LogP contribution in [0.25, 0.3) is 0 Å². The van der Waals surface area contributed by atoms with Crippen LogP contribution in [0.2, 0.25) is 10.0 Å². The van der Waals surface area contributed by atoms with Gasteiger partial charge in [0.25, 0.3) is 5.91 Å². The number of hydrogen-bond donors (Lipinski definition) is 3. The first-order valence-electron chi connectivity index (χ1n) is 5.79. The molecular formula is C12H9Cl2FN4O. The molecule has 0 radical (unpaired) electrons. The Morgan fingerprint density at radius 1 is 1.30 bits per heavy atom. The van der Waals surface area contributed by atoms with Crippen LogP contribution in [0.15, 0.2) is 12.1 Å². The molecule has 0 saturated heterocycles. The summed E-state index contributed by atoms with van der Waals surface area (Å²) in [6.07, 6.45) is 0. The second-order valence-electron chi connectivity index (χ2n) is 4.33. The maximum Gasteiger partial charge on any atom is 0.258 e. The first-order valence-corrected chi connectivity index (χ1v) is 6.54. The van der Waals surface area contributed by atoms with E-state index in [-0.39, 0.29) is 15.6 Å². The van der Waals surface area contributed by atoms with Crippen molar-refractivity contribution >= 4 is 34.9 Å². The summed E-state index contributed by atoms with van der Waals surface area (Å²) in [6.45, 7) is 1.29. The van der Waals surface area contributed by atoms with Crippen molar-refractivity contribution < 1.29 is 9.18 Å². The van der Waals surface area contributed by atoms with Crippen molar-refractivity contribution in [2.24, 2.45) is 0 Å². The zero-order valence-electron chi connectivity index (χ0n) is 10.1. The van der Waals surface area contributed by atoms with Gasteiger partial charge in [0.15, 0.2) is 5.82 Å². The lowest BCUT2D eigenvalue weighted by atomic mass is 10.2. The quantitative estimate of drug-likeness (QED) is 0.746. The molecule has 0 unspecified atom stereocenters. The van der Waals surface area contributed by atoms with Gasteiger partial charge >= 0.3 is 0 Å². The van der Waals surface area contributed by atoms with Crippen LogP contribution in [0.3, 0.4) is 0 Å². The normalized spacial score (nSPS) is 13.3. The smallest absolute Gasteiger partial charge is 0.258 e. The van der Waals surface area contributed by atoms with E-state index in [0.29, 0.717) is 18.9 Å². The molecule has 0 saturated carbocycles. The van der Waals surface area contributed by atoms with Gasteiger partial charge in [0.05, 0.1) is 21.3 Å². The van der Waals surface area contributed by atoms with Crippen LogP contribution in [0, 0.1) is 5.82 Å². The van der Waals surface area contributed by atoms with Gasteiger partial charge in [-0.05, 0) is 12.1 Å². The number of nitrogens with one attached hydrogen (secondary N) is 3. The number of halogens is 3. The van der Waals surface area contributed by atoms with E-state index in [1.807, 2.05) is 0 Å². The minimum absolute atomic E-state index is 0.0104. The van der Waals surface area contributed by atoms with E-state index >= 15 is 0 Å². The Bertz CT molecular complexity index is 701. The fourth-order valence-corrected chi connectivity index (χ4v) is 2.49. The van der Waals surface area contributed by atoms with Gasteiger partial charge in [-0.3, -0.25) is 9.89 Å². The first kappa shape index (κ1) is 13.4. The van der Waals surface area contributed by atoms with Gasteiger partial charge in [0.2, 0.25) is 0 Å². The van der Waals surface area contributed by atoms with E-state index in [1.54, 1.807) is 0 Å². The van der Waals surface area contributed by atoms with Gasteiger partial charge in [-0.1, -0.05) is 23.2 Å². The molecule has 5 nitrogen and oxygen atoms in total. The molecule has 0 atom stereocenters. The van der Waals surface area contributed by atoms with Crippen molar-refractivity contribution in [1.29, 1.82) is 0 Å². The highest BCUT2D eigenvalue weighted by atomic mass is 35.5. The number of amides is 1. The van der Waals surface area contributed by atoms with Gasteiger partial charge in [-0.25, -0.2) is 4.39 Å². The molecule has 0 bridgehead atoms. The number of rotatable bonds is 2. The number of aromatic nitrogens is 2. The summed E-state index contributed by atoms with van der Waals surface area (Å²) in [7, 11) is 0. The van der Waals surface area contributed by atoms with E-state index in [9.17, 15) is 9.18 Å². The molecule has 0 fully saturated rings. The minimum atomic E-state index is -0.699. The molecule has 0 aliphatic carbocycles. The lowest BCUT2D eigenvalue weighted by molar-refractivity contribution is 0.102. The third-order valence-electron chi connectivity index (χ3n) is 3.04. The summed E-state index contributed by atoms with van der Waals surface area (Å²) < 4.78 is 13.4. The summed E-state index contributed by atoms with van der Waals surface area (Å²) in [5.41, 5.74) is 1.83. The lowest BCUT2D eigenvalue weighted by Crippen LogP contribution is -2.15. The average molecular weight is 315 g/mol. The Morgan fingerprint density at radius 2 is 2.10 bits per heavy atom. The van der Waals surface area contributed by atoms with Crippen LogP contribution in [0.1, 0.15) is 21.6 Å². The Labute approximate surface area is 123 Å². The van der Waals surface area contributed by atoms with Gasteiger partial charge < -0.3 is 10.6 Å². The van der Waals surface area contributed by atoms with Crippen LogP contribution in [0.4, 0.5) is 10.2 Å². The molecule has 1 aliphatic rings. The predicted octanol–water partition coefficient (Wildman–Crippen LogP) is 2.71. The zero-order chi connectivity index (χ0) is 14.3. The standard InChI is InChI=1S/C12H9Cl2FN4O/c13-7-2-8(14)9(15)1-5(7)12(20)17-11-6-3-16-4-10(6)18-19-11/h1-2,16H,3-4H2,(H2,17,18,19,20). The number of anilines is 1. The summed E-state index contributed by atoms with van der Waals surface area (Å²) in [4.78, 5) is 12.1. The highest BCUT2D eigenvalue weighted by Crippen LogP contribution is 2.26. The monoisotopic (exact) mass is 314 g/mol. The first-order chi connectivity index (χ1) is 9.56. The average Bonchev–Trinajstić information content (AvgIpc) is 2.98. The Balaban J connectivity index is 1.88. The molecule has 8 heteroatoms. The van der Waals surface area contributed by atoms with Gasteiger partial charge in [0, 0.05) is 18.7 Å². The Kier molecular flexibility index (Phi) is 3.37. The van der Waals surface area contributed by atoms with Crippen molar-refractivity contribution in [1.82, 2.24) is 15.5 Å². The molecule has 3 rings (SSSR count). The zero-order valence-corrected chi connectivity index (χ0v) is 11.6. The molecule has 20 heavy (non-hydrogen) atoms. The molecule has 104 valence electrons. The third kappa shape index (κ3) is 2.26. The molecule has 1 aromatic heterocycles. The van der Waals surface area contributed by atoms with E-state index in [4.69, 9.17) is 23.2 Å². The highest BCUT2D eigenvalue weighted by Gasteiger charge is 2.21. The van der Waals surface area contributed by atoms with Crippen molar-refractivity contribution in [3.8, 4) is 0 Å². The third-order valence-corrected chi connectivity index (χ3v) is 3.65. The van der Waals surface area contributed by atoms with Gasteiger partial charge in [-0.15, -0.1) is 0 Å². The number of fused-ring (bicyclic) bond motifs is 1. The number of aromatic amines is 1. The number of hydrogen-bond acceptors (Lipinski definition) is 3. The van der Waals surface area contributed by atoms with Gasteiger partial charge in [-0.2, -0.15) is 5.10 Å². The van der Waals surface area contributed by atoms with E-state index < -0.39 is 11.7 Å². The Morgan fingerprint density at radius 3 is 2.90 bits per heavy atom. The van der Waals surface area contributed by atoms with Crippen LogP contribution in [-0.2, 0) is 13.1 Å². The fraction of sp³-hybridized carbons (Fsp3) is 0.167. The highest BCUT2D eigenvalue weighted by molar-refractivity contribution is 6.37. The maximum absolute atomic E-state index is 13.4. The number of benzene rings is 1. The van der Waals surface area contributed by atoms with Crippen molar-refractivity contribution in [3.05, 3.63) is 44.8 Å². The number of H-pyrrole nitrogens is 1. The Hall–Kier alpha value is -1.63. The summed E-state index contributed by atoms with van der Waals surface area (Å²) >= 11 is 11.5. The van der Waals surface area contributed by atoms with E-state index in [0.717, 1.165) is 17.3 Å². The molecule has 1 aliphatic heterocycles. The fourth-order valence-electron chi connectivity index (χ4n) is 2.03. The molecule has 2 aromatic rings. The minimum Gasteiger partial charge on any atom is -0.307 e. The van der Waals surface area contributed by atoms with Gasteiger partial charge in [0.1, 0.15) is 5.82 Å². The predicted molar refractivity (Wildman–Crippen MR) is 73.5 cm³/mol. The number of nitrogens with zero attached hydrogens (tertiary/aromatic N) is 1. The molecule has 2 heterocycles. The van der Waals surface area contributed by atoms with Crippen LogP contribution in [-0.4, -0.2) is 16.1 Å². The second kappa shape index (κ2) is 5.05. The largest absolute Gasteiger partial charge is 0.307 e. The number of carbonyl (C=O) groups is 1. The van der Waals surface area contributed by atoms with Crippen molar-refractivity contribution in [3.63, 3.8) is 0 Å². The van der Waals surface area contributed by atoms with Crippen molar-refractivity contribution in [2.75, 3.05) is 5.32 Å². The molecule has 1 amide bonds.